The van der Waals surface area contributed by atoms with Gasteiger partial charge in [0.15, 0.2) is 23.1 Å². The van der Waals surface area contributed by atoms with E-state index >= 15 is 0 Å². The summed E-state index contributed by atoms with van der Waals surface area (Å²) in [5.41, 5.74) is 1.45. The summed E-state index contributed by atoms with van der Waals surface area (Å²) >= 11 is 0. The van der Waals surface area contributed by atoms with Gasteiger partial charge in [0.25, 0.3) is 0 Å². The molecule has 0 aromatic heterocycles. The Morgan fingerprint density at radius 1 is 1.02 bits per heavy atom. The summed E-state index contributed by atoms with van der Waals surface area (Å²) in [5.74, 6) is -3.16. The highest BCUT2D eigenvalue weighted by atomic mass is 19.4. The van der Waals surface area contributed by atoms with Crippen molar-refractivity contribution in [2.24, 2.45) is 0 Å². The Hall–Kier alpha value is -3.61. The number of fused-ring (bicyclic) bond motifs is 1. The molecule has 226 valence electrons. The number of nitrogens with one attached hydrogen (secondary N) is 2. The number of carbonyl (C=O) groups is 2. The number of rotatable bonds is 7. The van der Waals surface area contributed by atoms with Crippen LogP contribution in [0.1, 0.15) is 45.1 Å². The van der Waals surface area contributed by atoms with Gasteiger partial charge in [0, 0.05) is 29.3 Å². The highest BCUT2D eigenvalue weighted by Crippen LogP contribution is 2.50. The van der Waals surface area contributed by atoms with Crippen molar-refractivity contribution < 1.29 is 46.1 Å². The molecule has 4 rings (SSSR count). The second-order valence-corrected chi connectivity index (χ2v) is 9.93. The average Bonchev–Trinajstić information content (AvgIpc) is 3.24. The van der Waals surface area contributed by atoms with Gasteiger partial charge in [-0.2, -0.15) is 13.2 Å². The molecule has 2 aromatic rings. The zero-order valence-electron chi connectivity index (χ0n) is 23.0. The van der Waals surface area contributed by atoms with Crippen molar-refractivity contribution in [2.75, 3.05) is 32.1 Å². The van der Waals surface area contributed by atoms with Crippen molar-refractivity contribution in [2.45, 2.75) is 63.2 Å². The summed E-state index contributed by atoms with van der Waals surface area (Å²) < 4.78 is 70.0. The Morgan fingerprint density at radius 2 is 1.68 bits per heavy atom. The van der Waals surface area contributed by atoms with E-state index in [0.717, 1.165) is 55.9 Å². The van der Waals surface area contributed by atoms with Crippen LogP contribution in [0.2, 0.25) is 0 Å². The van der Waals surface area contributed by atoms with E-state index < -0.39 is 29.8 Å². The number of carbonyl (C=O) groups excluding carboxylic acids is 1. The molecule has 2 fully saturated rings. The molecule has 0 unspecified atom stereocenters. The molecule has 1 saturated heterocycles. The largest absolute Gasteiger partial charge is 0.490 e. The second-order valence-electron chi connectivity index (χ2n) is 9.93. The van der Waals surface area contributed by atoms with Gasteiger partial charge in [0.2, 0.25) is 0 Å². The lowest BCUT2D eigenvalue weighted by Crippen LogP contribution is -2.52. The Labute approximate surface area is 234 Å². The van der Waals surface area contributed by atoms with Gasteiger partial charge < -0.3 is 30.1 Å². The fraction of sp³-hybridized carbons (Fsp3) is 0.500. The van der Waals surface area contributed by atoms with Crippen molar-refractivity contribution in [3.8, 4) is 11.5 Å². The van der Waals surface area contributed by atoms with E-state index in [1.807, 2.05) is 19.9 Å². The maximum absolute atomic E-state index is 13.5. The molecule has 41 heavy (non-hydrogen) atoms. The minimum atomic E-state index is -5.08. The monoisotopic (exact) mass is 587 g/mol. The van der Waals surface area contributed by atoms with Crippen LogP contribution in [-0.4, -0.2) is 67.1 Å². The van der Waals surface area contributed by atoms with Crippen molar-refractivity contribution in [3.63, 3.8) is 0 Å². The molecule has 3 atom stereocenters. The van der Waals surface area contributed by atoms with Crippen LogP contribution in [0.25, 0.3) is 0 Å². The van der Waals surface area contributed by atoms with Crippen LogP contribution in [-0.2, 0) is 10.2 Å². The van der Waals surface area contributed by atoms with E-state index in [2.05, 4.69) is 34.7 Å². The van der Waals surface area contributed by atoms with Gasteiger partial charge in [-0.15, -0.1) is 0 Å². The van der Waals surface area contributed by atoms with Crippen molar-refractivity contribution in [1.29, 1.82) is 0 Å². The lowest BCUT2D eigenvalue weighted by molar-refractivity contribution is -0.192. The molecule has 3 N–H and O–H groups in total. The fourth-order valence-electron chi connectivity index (χ4n) is 5.54. The van der Waals surface area contributed by atoms with Gasteiger partial charge >= 0.3 is 18.2 Å². The zero-order chi connectivity index (χ0) is 30.4. The first kappa shape index (κ1) is 31.9. The van der Waals surface area contributed by atoms with Crippen LogP contribution in [0.5, 0.6) is 11.5 Å². The summed E-state index contributed by atoms with van der Waals surface area (Å²) in [6.45, 7) is 6.06. The van der Waals surface area contributed by atoms with E-state index in [-0.39, 0.29) is 23.2 Å². The minimum Gasteiger partial charge on any atom is -0.490 e. The molecule has 2 amide bonds. The lowest BCUT2D eigenvalue weighted by atomic mass is 9.65. The highest BCUT2D eigenvalue weighted by molar-refractivity contribution is 5.89. The quantitative estimate of drug-likeness (QED) is 0.359. The first-order chi connectivity index (χ1) is 19.3. The number of aliphatic carboxylic acids is 1. The zero-order valence-corrected chi connectivity index (χ0v) is 23.0. The Morgan fingerprint density at radius 3 is 2.29 bits per heavy atom. The van der Waals surface area contributed by atoms with E-state index in [9.17, 15) is 26.7 Å². The highest BCUT2D eigenvalue weighted by Gasteiger charge is 2.50. The molecule has 2 aromatic carbocycles. The van der Waals surface area contributed by atoms with Crippen LogP contribution in [0.4, 0.5) is 32.4 Å². The summed E-state index contributed by atoms with van der Waals surface area (Å²) in [6, 6.07) is 9.45. The molecule has 2 aliphatic rings. The van der Waals surface area contributed by atoms with Gasteiger partial charge in [-0.3, -0.25) is 0 Å². The predicted molar refractivity (Wildman–Crippen MR) is 141 cm³/mol. The Balaban J connectivity index is 0.000000587. The molecule has 8 nitrogen and oxygen atoms in total. The fourth-order valence-corrected chi connectivity index (χ4v) is 5.54. The number of likely N-dealkylation sites (N-methyl/N-ethyl adjacent to an activating group) is 1. The van der Waals surface area contributed by atoms with E-state index in [1.165, 1.54) is 11.6 Å². The third-order valence-corrected chi connectivity index (χ3v) is 7.40. The van der Waals surface area contributed by atoms with Gasteiger partial charge in [-0.25, -0.2) is 18.4 Å². The molecular weight excluding hydrogens is 553 g/mol. The number of carboxylic acid groups (broad SMARTS) is 1. The minimum absolute atomic E-state index is 0.0138. The van der Waals surface area contributed by atoms with E-state index in [0.29, 0.717) is 13.2 Å². The SMILES string of the molecule is CCOc1ccc([C@@]23CC[C@@H](NC(=O)Nc4ccc(F)c(F)c4)C[C@@H]2N(C)CC3)cc1OCC.O=C(O)C(F)(F)F. The van der Waals surface area contributed by atoms with Gasteiger partial charge in [0.05, 0.1) is 13.2 Å². The number of nitrogens with zero attached hydrogens (tertiary/aromatic N) is 1. The Bertz CT molecular complexity index is 1230. The van der Waals surface area contributed by atoms with Gasteiger partial charge in [-0.05, 0) is 83.0 Å². The first-order valence-corrected chi connectivity index (χ1v) is 13.2. The number of hydrogen-bond acceptors (Lipinski definition) is 5. The van der Waals surface area contributed by atoms with Gasteiger partial charge in [-0.1, -0.05) is 6.07 Å². The lowest BCUT2D eigenvalue weighted by Gasteiger charge is -2.45. The normalized spacial score (nSPS) is 22.1. The van der Waals surface area contributed by atoms with Crippen molar-refractivity contribution >= 4 is 17.7 Å². The Kier molecular flexibility index (Phi) is 10.4. The number of urea groups is 1. The molecule has 1 heterocycles. The summed E-state index contributed by atoms with van der Waals surface area (Å²) in [6.07, 6.45) is -1.48. The van der Waals surface area contributed by atoms with Gasteiger partial charge in [0.1, 0.15) is 0 Å². The second kappa shape index (κ2) is 13.4. The summed E-state index contributed by atoms with van der Waals surface area (Å²) in [7, 11) is 2.13. The number of hydrogen-bond donors (Lipinski definition) is 3. The van der Waals surface area contributed by atoms with Crippen LogP contribution in [0, 0.1) is 11.6 Å². The number of amides is 2. The summed E-state index contributed by atoms with van der Waals surface area (Å²) in [4.78, 5) is 23.8. The number of likely N-dealkylation sites (tertiary alicyclic amines) is 1. The standard InChI is InChI=1S/C26H33F2N3O3.C2HF3O2/c1-4-33-22-9-6-17(14-23(22)34-5-2)26-11-10-19(16-24(26)31(3)13-12-26)30-25(32)29-18-7-8-20(27)21(28)15-18;3-2(4,5)1(6)7/h6-9,14-15,19,24H,4-5,10-13,16H2,1-3H3,(H2,29,30,32);(H,6,7)/t19-,24+,26+;/m1./s1. The predicted octanol–water partition coefficient (Wildman–Crippen LogP) is 5.71. The summed E-state index contributed by atoms with van der Waals surface area (Å²) in [5, 5.41) is 12.8. The number of ether oxygens (including phenoxy) is 2. The molecule has 13 heteroatoms. The number of halogens is 5. The van der Waals surface area contributed by atoms with Crippen molar-refractivity contribution in [3.05, 3.63) is 53.6 Å². The number of anilines is 1. The smallest absolute Gasteiger partial charge is 0.490 e. The van der Waals surface area contributed by atoms with E-state index in [1.54, 1.807) is 0 Å². The topological polar surface area (TPSA) is 100 Å². The first-order valence-electron chi connectivity index (χ1n) is 13.2. The third-order valence-electron chi connectivity index (χ3n) is 7.40. The molecule has 1 aliphatic carbocycles. The maximum atomic E-state index is 13.5. The third kappa shape index (κ3) is 7.78. The number of benzene rings is 2. The molecule has 1 saturated carbocycles. The van der Waals surface area contributed by atoms with Crippen LogP contribution in [0.15, 0.2) is 36.4 Å². The van der Waals surface area contributed by atoms with E-state index in [4.69, 9.17) is 19.4 Å². The number of alkyl halides is 3. The average molecular weight is 588 g/mol. The molecule has 0 radical (unpaired) electrons. The van der Waals surface area contributed by atoms with Crippen LogP contribution < -0.4 is 20.1 Å². The molecule has 1 aliphatic heterocycles. The van der Waals surface area contributed by atoms with Crippen LogP contribution in [0.3, 0.4) is 0 Å². The molecular formula is C28H34F5N3O5. The molecule has 0 spiro atoms. The molecule has 0 bridgehead atoms. The van der Waals surface area contributed by atoms with Crippen LogP contribution >= 0.6 is 0 Å². The number of carboxylic acids is 1. The maximum Gasteiger partial charge on any atom is 0.490 e. The van der Waals surface area contributed by atoms with Crippen molar-refractivity contribution in [1.82, 2.24) is 10.2 Å².